The van der Waals surface area contributed by atoms with Gasteiger partial charge in [-0.2, -0.15) is 5.10 Å². The third-order valence-electron chi connectivity index (χ3n) is 5.15. The second-order valence-corrected chi connectivity index (χ2v) is 7.72. The zero-order chi connectivity index (χ0) is 22.2. The number of amidine groups is 1. The number of halogens is 1. The van der Waals surface area contributed by atoms with E-state index in [1.807, 2.05) is 0 Å². The van der Waals surface area contributed by atoms with Crippen molar-refractivity contribution in [3.05, 3.63) is 42.2 Å². The first kappa shape index (κ1) is 20.8. The van der Waals surface area contributed by atoms with E-state index in [2.05, 4.69) is 20.4 Å². The second kappa shape index (κ2) is 7.99. The van der Waals surface area contributed by atoms with Gasteiger partial charge in [0.15, 0.2) is 6.04 Å². The van der Waals surface area contributed by atoms with Gasteiger partial charge in [-0.1, -0.05) is 6.07 Å². The topological polar surface area (TPSA) is 119 Å². The molecule has 0 spiro atoms. The van der Waals surface area contributed by atoms with Crippen molar-refractivity contribution in [1.82, 2.24) is 25.0 Å². The molecule has 1 aromatic carbocycles. The van der Waals surface area contributed by atoms with Gasteiger partial charge in [-0.15, -0.1) is 0 Å². The van der Waals surface area contributed by atoms with Crippen molar-refractivity contribution >= 4 is 23.4 Å². The standard InChI is InChI=1S/C20H21FN6O4/c1-20(2)19-25-15(16(28)18(30)26(19)6-3-7-31-20)17(29)23-9-12-4-5-13(21)8-14(12)27-11-22-10-24-27/h4-5,8,10-11,15H,3,6-7,9H2,1-2H3,(H,23,29). The summed E-state index contributed by atoms with van der Waals surface area (Å²) < 4.78 is 20.8. The Morgan fingerprint density at radius 2 is 2.16 bits per heavy atom. The third-order valence-corrected chi connectivity index (χ3v) is 5.15. The number of rotatable bonds is 4. The molecule has 31 heavy (non-hydrogen) atoms. The number of carbonyl (C=O) groups is 3. The van der Waals surface area contributed by atoms with Crippen LogP contribution in [0.25, 0.3) is 5.69 Å². The highest BCUT2D eigenvalue weighted by atomic mass is 19.1. The van der Waals surface area contributed by atoms with E-state index in [9.17, 15) is 18.8 Å². The zero-order valence-corrected chi connectivity index (χ0v) is 17.0. The van der Waals surface area contributed by atoms with Crippen molar-refractivity contribution < 1.29 is 23.5 Å². The first-order chi connectivity index (χ1) is 14.8. The Hall–Kier alpha value is -3.47. The molecule has 2 amide bonds. The number of nitrogens with zero attached hydrogens (tertiary/aromatic N) is 5. The summed E-state index contributed by atoms with van der Waals surface area (Å²) in [5.41, 5.74) is 0.0182. The average molecular weight is 428 g/mol. The summed E-state index contributed by atoms with van der Waals surface area (Å²) in [5.74, 6) is -2.60. The van der Waals surface area contributed by atoms with Crippen LogP contribution in [0, 0.1) is 5.82 Å². The van der Waals surface area contributed by atoms with Crippen molar-refractivity contribution in [3.63, 3.8) is 0 Å². The van der Waals surface area contributed by atoms with Crippen molar-refractivity contribution in [1.29, 1.82) is 0 Å². The number of ketones is 1. The van der Waals surface area contributed by atoms with E-state index >= 15 is 0 Å². The number of aromatic nitrogens is 3. The normalized spacial score (nSPS) is 20.7. The lowest BCUT2D eigenvalue weighted by atomic mass is 10.0. The summed E-state index contributed by atoms with van der Waals surface area (Å²) in [6, 6.07) is 2.50. The summed E-state index contributed by atoms with van der Waals surface area (Å²) in [6.45, 7) is 4.17. The molecule has 1 atom stereocenters. The van der Waals surface area contributed by atoms with Crippen LogP contribution in [0.2, 0.25) is 0 Å². The third kappa shape index (κ3) is 3.96. The van der Waals surface area contributed by atoms with Crippen LogP contribution in [0.4, 0.5) is 4.39 Å². The predicted octanol–water partition coefficient (Wildman–Crippen LogP) is 0.400. The minimum Gasteiger partial charge on any atom is -0.368 e. The summed E-state index contributed by atoms with van der Waals surface area (Å²) in [5, 5.41) is 6.60. The maximum atomic E-state index is 13.7. The Labute approximate surface area is 177 Å². The lowest BCUT2D eigenvalue weighted by Crippen LogP contribution is -2.58. The second-order valence-electron chi connectivity index (χ2n) is 7.72. The van der Waals surface area contributed by atoms with Crippen LogP contribution in [0.5, 0.6) is 0 Å². The molecule has 162 valence electrons. The molecule has 1 fully saturated rings. The van der Waals surface area contributed by atoms with Crippen molar-refractivity contribution in [2.75, 3.05) is 13.2 Å². The zero-order valence-electron chi connectivity index (χ0n) is 17.0. The molecule has 4 rings (SSSR count). The maximum absolute atomic E-state index is 13.7. The first-order valence-corrected chi connectivity index (χ1v) is 9.77. The lowest BCUT2D eigenvalue weighted by molar-refractivity contribution is -0.146. The van der Waals surface area contributed by atoms with Crippen molar-refractivity contribution in [2.24, 2.45) is 4.99 Å². The molecule has 10 nitrogen and oxygen atoms in total. The number of aliphatic imine (C=N–C) groups is 1. The highest BCUT2D eigenvalue weighted by Gasteiger charge is 2.46. The number of ether oxygens (including phenoxy) is 1. The molecule has 2 aliphatic rings. The maximum Gasteiger partial charge on any atom is 0.298 e. The summed E-state index contributed by atoms with van der Waals surface area (Å²) in [4.78, 5) is 47.5. The fraction of sp³-hybridized carbons (Fsp3) is 0.400. The first-order valence-electron chi connectivity index (χ1n) is 9.77. The number of hydrogen-bond acceptors (Lipinski definition) is 7. The highest BCUT2D eigenvalue weighted by Crippen LogP contribution is 2.24. The van der Waals surface area contributed by atoms with Gasteiger partial charge in [0.25, 0.3) is 17.6 Å². The number of benzene rings is 1. The van der Waals surface area contributed by atoms with Crippen LogP contribution in [0.3, 0.4) is 0 Å². The largest absolute Gasteiger partial charge is 0.368 e. The van der Waals surface area contributed by atoms with Gasteiger partial charge in [0.05, 0.1) is 5.69 Å². The van der Waals surface area contributed by atoms with Gasteiger partial charge >= 0.3 is 0 Å². The van der Waals surface area contributed by atoms with E-state index in [4.69, 9.17) is 4.74 Å². The smallest absolute Gasteiger partial charge is 0.298 e. The average Bonchev–Trinajstić information content (AvgIpc) is 3.22. The molecule has 0 aliphatic carbocycles. The molecule has 11 heteroatoms. The Balaban J connectivity index is 1.57. The molecular weight excluding hydrogens is 407 g/mol. The number of hydrogen-bond donors (Lipinski definition) is 1. The number of Topliss-reactive ketones (excluding diaryl/α,β-unsaturated/α-hetero) is 1. The monoisotopic (exact) mass is 428 g/mol. The van der Waals surface area contributed by atoms with E-state index < -0.39 is 35.1 Å². The van der Waals surface area contributed by atoms with Gasteiger partial charge in [-0.05, 0) is 38.0 Å². The Morgan fingerprint density at radius 1 is 1.35 bits per heavy atom. The molecule has 0 radical (unpaired) electrons. The van der Waals surface area contributed by atoms with E-state index in [1.165, 1.54) is 40.4 Å². The number of carbonyl (C=O) groups excluding carboxylic acids is 3. The van der Waals surface area contributed by atoms with Crippen LogP contribution in [-0.2, 0) is 25.7 Å². The fourth-order valence-corrected chi connectivity index (χ4v) is 3.59. The summed E-state index contributed by atoms with van der Waals surface area (Å²) in [7, 11) is 0. The Morgan fingerprint density at radius 3 is 2.90 bits per heavy atom. The summed E-state index contributed by atoms with van der Waals surface area (Å²) in [6.07, 6.45) is 3.27. The Kier molecular flexibility index (Phi) is 5.36. The van der Waals surface area contributed by atoms with E-state index in [1.54, 1.807) is 13.8 Å². The molecule has 1 unspecified atom stereocenters. The molecule has 0 bridgehead atoms. The molecule has 1 N–H and O–H groups in total. The van der Waals surface area contributed by atoms with Crippen LogP contribution in [0.1, 0.15) is 25.8 Å². The number of nitrogens with one attached hydrogen (secondary N) is 1. The van der Waals surface area contributed by atoms with Gasteiger partial charge in [-0.25, -0.2) is 19.0 Å². The highest BCUT2D eigenvalue weighted by molar-refractivity contribution is 6.46. The van der Waals surface area contributed by atoms with Gasteiger partial charge < -0.3 is 10.1 Å². The van der Waals surface area contributed by atoms with Crippen molar-refractivity contribution in [3.8, 4) is 5.69 Å². The lowest BCUT2D eigenvalue weighted by Gasteiger charge is -2.34. The minimum atomic E-state index is -1.50. The van der Waals surface area contributed by atoms with Crippen LogP contribution in [-0.4, -0.2) is 67.9 Å². The minimum absolute atomic E-state index is 0.0270. The van der Waals surface area contributed by atoms with Gasteiger partial charge in [0.2, 0.25) is 0 Å². The molecular formula is C20H21FN6O4. The number of amides is 2. The molecule has 0 saturated carbocycles. The van der Waals surface area contributed by atoms with Crippen LogP contribution >= 0.6 is 0 Å². The van der Waals surface area contributed by atoms with E-state index in [0.29, 0.717) is 30.8 Å². The quantitative estimate of drug-likeness (QED) is 0.556. The fourth-order valence-electron chi connectivity index (χ4n) is 3.59. The molecule has 2 aromatic rings. The van der Waals surface area contributed by atoms with Crippen LogP contribution in [0.15, 0.2) is 35.8 Å². The Bertz CT molecular complexity index is 1070. The van der Waals surface area contributed by atoms with E-state index in [0.717, 1.165) is 0 Å². The van der Waals surface area contributed by atoms with Crippen molar-refractivity contribution in [2.45, 2.75) is 38.5 Å². The van der Waals surface area contributed by atoms with E-state index in [-0.39, 0.29) is 12.4 Å². The predicted molar refractivity (Wildman–Crippen MR) is 106 cm³/mol. The molecule has 1 saturated heterocycles. The van der Waals surface area contributed by atoms with Crippen LogP contribution < -0.4 is 5.32 Å². The summed E-state index contributed by atoms with van der Waals surface area (Å²) >= 11 is 0. The SMILES string of the molecule is CC1(C)OCCCN2C(=O)C(=O)C(C(=O)NCc3ccc(F)cc3-n3cncn3)N=C21. The molecule has 2 aliphatic heterocycles. The van der Waals surface area contributed by atoms with Gasteiger partial charge in [-0.3, -0.25) is 19.3 Å². The van der Waals surface area contributed by atoms with Gasteiger partial charge in [0, 0.05) is 19.7 Å². The number of fused-ring (bicyclic) bond motifs is 1. The molecule has 3 heterocycles. The molecule has 1 aromatic heterocycles. The van der Waals surface area contributed by atoms with Gasteiger partial charge in [0.1, 0.15) is 29.9 Å².